The minimum atomic E-state index is -4.19. The maximum absolute atomic E-state index is 12.7. The third-order valence-electron chi connectivity index (χ3n) is 3.17. The molecule has 1 nitrogen and oxygen atoms in total. The lowest BCUT2D eigenvalue weighted by molar-refractivity contribution is -0.138. The first-order valence-corrected chi connectivity index (χ1v) is 6.10. The molecule has 1 aliphatic rings. The molecule has 0 aliphatic heterocycles. The number of nitrogens with zero attached hydrogens (tertiary/aromatic N) is 1. The highest BCUT2D eigenvalue weighted by atomic mass is 32.1. The third kappa shape index (κ3) is 2.11. The van der Waals surface area contributed by atoms with Crippen molar-refractivity contribution in [3.05, 3.63) is 21.4 Å². The summed E-state index contributed by atoms with van der Waals surface area (Å²) in [7, 11) is 3.96. The predicted octanol–water partition coefficient (Wildman–Crippen LogP) is 3.19. The van der Waals surface area contributed by atoms with Gasteiger partial charge in [-0.2, -0.15) is 13.2 Å². The summed E-state index contributed by atoms with van der Waals surface area (Å²) in [5, 5.41) is 1.27. The van der Waals surface area contributed by atoms with Crippen LogP contribution in [0, 0.1) is 0 Å². The Labute approximate surface area is 96.9 Å². The second-order valence-corrected chi connectivity index (χ2v) is 5.37. The van der Waals surface area contributed by atoms with E-state index in [1.807, 2.05) is 14.1 Å². The van der Waals surface area contributed by atoms with Gasteiger partial charge in [-0.15, -0.1) is 11.3 Å². The minimum absolute atomic E-state index is 0.382. The van der Waals surface area contributed by atoms with Crippen molar-refractivity contribution in [1.82, 2.24) is 4.90 Å². The maximum Gasteiger partial charge on any atom is 0.417 e. The molecule has 1 aromatic rings. The summed E-state index contributed by atoms with van der Waals surface area (Å²) >= 11 is 1.25. The van der Waals surface area contributed by atoms with Crippen LogP contribution in [0.2, 0.25) is 0 Å². The summed E-state index contributed by atoms with van der Waals surface area (Å²) in [6, 6.07) is 0.382. The minimum Gasteiger partial charge on any atom is -0.306 e. The molecule has 1 aromatic heterocycles. The highest BCUT2D eigenvalue weighted by Crippen LogP contribution is 2.40. The fourth-order valence-corrected chi connectivity index (χ4v) is 3.35. The molecule has 0 radical (unpaired) electrons. The maximum atomic E-state index is 12.7. The Kier molecular flexibility index (Phi) is 3.01. The van der Waals surface area contributed by atoms with E-state index in [1.54, 1.807) is 0 Å². The monoisotopic (exact) mass is 249 g/mol. The van der Waals surface area contributed by atoms with Gasteiger partial charge in [0.15, 0.2) is 0 Å². The van der Waals surface area contributed by atoms with E-state index in [-0.39, 0.29) is 0 Å². The summed E-state index contributed by atoms with van der Waals surface area (Å²) in [5.41, 5.74) is 0.125. The molecule has 0 saturated heterocycles. The number of rotatable bonds is 1. The van der Waals surface area contributed by atoms with Gasteiger partial charge in [0, 0.05) is 16.3 Å². The van der Waals surface area contributed by atoms with Gasteiger partial charge in [-0.05, 0) is 38.9 Å². The van der Waals surface area contributed by atoms with Crippen molar-refractivity contribution in [2.45, 2.75) is 31.5 Å². The van der Waals surface area contributed by atoms with Crippen LogP contribution in [-0.4, -0.2) is 25.0 Å². The quantitative estimate of drug-likeness (QED) is 0.739. The molecule has 1 unspecified atom stereocenters. The molecule has 0 amide bonds. The van der Waals surface area contributed by atoms with Gasteiger partial charge in [0.2, 0.25) is 0 Å². The lowest BCUT2D eigenvalue weighted by atomic mass is 9.91. The standard InChI is InChI=1S/C11H14F3NS/c1-15(2)7-3-4-8-9(11(12,13)14)6-16-10(8)5-7/h6-7H,3-5H2,1-2H3. The highest BCUT2D eigenvalue weighted by Gasteiger charge is 2.37. The molecule has 90 valence electrons. The molecule has 0 bridgehead atoms. The van der Waals surface area contributed by atoms with Gasteiger partial charge in [-0.1, -0.05) is 0 Å². The van der Waals surface area contributed by atoms with E-state index in [4.69, 9.17) is 0 Å². The van der Waals surface area contributed by atoms with Crippen LogP contribution in [0.4, 0.5) is 13.2 Å². The Morgan fingerprint density at radius 1 is 1.38 bits per heavy atom. The topological polar surface area (TPSA) is 3.24 Å². The van der Waals surface area contributed by atoms with Crippen molar-refractivity contribution in [2.75, 3.05) is 14.1 Å². The first-order chi connectivity index (χ1) is 7.39. The zero-order valence-electron chi connectivity index (χ0n) is 9.27. The molecular formula is C11H14F3NS. The van der Waals surface area contributed by atoms with Crippen molar-refractivity contribution in [2.24, 2.45) is 0 Å². The average molecular weight is 249 g/mol. The summed E-state index contributed by atoms with van der Waals surface area (Å²) < 4.78 is 38.0. The van der Waals surface area contributed by atoms with E-state index < -0.39 is 11.7 Å². The molecule has 2 rings (SSSR count). The number of halogens is 3. The number of thiophene rings is 1. The van der Waals surface area contributed by atoms with Gasteiger partial charge in [0.25, 0.3) is 0 Å². The number of likely N-dealkylation sites (N-methyl/N-ethyl adjacent to an activating group) is 1. The normalized spacial score (nSPS) is 21.2. The van der Waals surface area contributed by atoms with E-state index in [2.05, 4.69) is 4.90 Å². The van der Waals surface area contributed by atoms with Crippen LogP contribution in [0.5, 0.6) is 0 Å². The van der Waals surface area contributed by atoms with Crippen LogP contribution < -0.4 is 0 Å². The van der Waals surface area contributed by atoms with Crippen molar-refractivity contribution in [3.63, 3.8) is 0 Å². The molecule has 1 atom stereocenters. The SMILES string of the molecule is CN(C)C1CCc2c(C(F)(F)F)csc2C1. The molecule has 16 heavy (non-hydrogen) atoms. The Hall–Kier alpha value is -0.550. The van der Waals surface area contributed by atoms with Crippen LogP contribution in [0.1, 0.15) is 22.4 Å². The third-order valence-corrected chi connectivity index (χ3v) is 4.22. The second-order valence-electron chi connectivity index (χ2n) is 4.41. The molecule has 0 saturated carbocycles. The smallest absolute Gasteiger partial charge is 0.306 e. The zero-order chi connectivity index (χ0) is 11.9. The molecule has 1 heterocycles. The lowest BCUT2D eigenvalue weighted by Gasteiger charge is -2.28. The van der Waals surface area contributed by atoms with Gasteiger partial charge < -0.3 is 4.90 Å². The van der Waals surface area contributed by atoms with E-state index >= 15 is 0 Å². The fraction of sp³-hybridized carbons (Fsp3) is 0.636. The Morgan fingerprint density at radius 2 is 2.06 bits per heavy atom. The zero-order valence-corrected chi connectivity index (χ0v) is 10.1. The first-order valence-electron chi connectivity index (χ1n) is 5.22. The molecule has 0 spiro atoms. The van der Waals surface area contributed by atoms with Crippen molar-refractivity contribution < 1.29 is 13.2 Å². The molecule has 0 fully saturated rings. The molecular weight excluding hydrogens is 235 g/mol. The van der Waals surface area contributed by atoms with Crippen molar-refractivity contribution in [1.29, 1.82) is 0 Å². The molecule has 0 N–H and O–H groups in total. The average Bonchev–Trinajstić information content (AvgIpc) is 2.58. The van der Waals surface area contributed by atoms with Gasteiger partial charge in [0.1, 0.15) is 0 Å². The predicted molar refractivity (Wildman–Crippen MR) is 58.8 cm³/mol. The lowest BCUT2D eigenvalue weighted by Crippen LogP contribution is -2.33. The Bertz CT molecular complexity index is 381. The van der Waals surface area contributed by atoms with E-state index in [0.717, 1.165) is 17.7 Å². The number of hydrogen-bond donors (Lipinski definition) is 0. The van der Waals surface area contributed by atoms with E-state index in [9.17, 15) is 13.2 Å². The van der Waals surface area contributed by atoms with E-state index in [1.165, 1.54) is 16.7 Å². The Balaban J connectivity index is 2.27. The fourth-order valence-electron chi connectivity index (χ4n) is 2.17. The van der Waals surface area contributed by atoms with Gasteiger partial charge in [-0.3, -0.25) is 0 Å². The summed E-state index contributed by atoms with van der Waals surface area (Å²) in [6.45, 7) is 0. The summed E-state index contributed by atoms with van der Waals surface area (Å²) in [5.74, 6) is 0. The molecule has 0 aromatic carbocycles. The molecule has 5 heteroatoms. The highest BCUT2D eigenvalue weighted by molar-refractivity contribution is 7.10. The largest absolute Gasteiger partial charge is 0.417 e. The van der Waals surface area contributed by atoms with Crippen LogP contribution in [-0.2, 0) is 19.0 Å². The summed E-state index contributed by atoms with van der Waals surface area (Å²) in [4.78, 5) is 3.01. The van der Waals surface area contributed by atoms with Gasteiger partial charge >= 0.3 is 6.18 Å². The van der Waals surface area contributed by atoms with Crippen molar-refractivity contribution in [3.8, 4) is 0 Å². The van der Waals surface area contributed by atoms with Crippen LogP contribution in [0.3, 0.4) is 0 Å². The number of hydrogen-bond acceptors (Lipinski definition) is 2. The van der Waals surface area contributed by atoms with Crippen LogP contribution in [0.15, 0.2) is 5.38 Å². The van der Waals surface area contributed by atoms with Gasteiger partial charge in [0.05, 0.1) is 5.56 Å². The summed E-state index contributed by atoms with van der Waals surface area (Å²) in [6.07, 6.45) is -2.06. The van der Waals surface area contributed by atoms with Crippen LogP contribution >= 0.6 is 11.3 Å². The Morgan fingerprint density at radius 3 is 2.62 bits per heavy atom. The number of fused-ring (bicyclic) bond motifs is 1. The first kappa shape index (κ1) is 11.9. The van der Waals surface area contributed by atoms with E-state index in [0.29, 0.717) is 18.0 Å². The number of alkyl halides is 3. The second kappa shape index (κ2) is 4.04. The molecule has 1 aliphatic carbocycles. The van der Waals surface area contributed by atoms with Crippen LogP contribution in [0.25, 0.3) is 0 Å². The van der Waals surface area contributed by atoms with Gasteiger partial charge in [-0.25, -0.2) is 0 Å². The van der Waals surface area contributed by atoms with Crippen molar-refractivity contribution >= 4 is 11.3 Å².